The molecule has 7 N–H and O–H groups in total. The first-order valence-corrected chi connectivity index (χ1v) is 7.78. The molecule has 9 nitrogen and oxygen atoms in total. The highest BCUT2D eigenvalue weighted by Crippen LogP contribution is 2.30. The van der Waals surface area contributed by atoms with Gasteiger partial charge in [-0.2, -0.15) is 0 Å². The zero-order valence-corrected chi connectivity index (χ0v) is 14.2. The number of primary amides is 1. The predicted octanol–water partition coefficient (Wildman–Crippen LogP) is -2.24. The second kappa shape index (κ2) is 7.45. The van der Waals surface area contributed by atoms with Crippen LogP contribution in [0, 0.1) is 5.41 Å². The molecule has 0 aromatic carbocycles. The van der Waals surface area contributed by atoms with Crippen LogP contribution in [0.1, 0.15) is 40.0 Å². The van der Waals surface area contributed by atoms with Crippen molar-refractivity contribution in [1.82, 2.24) is 10.6 Å². The lowest BCUT2D eigenvalue weighted by atomic mass is 9.77. The monoisotopic (exact) mass is 345 g/mol. The first-order valence-electron chi connectivity index (χ1n) is 7.78. The van der Waals surface area contributed by atoms with Crippen LogP contribution < -0.4 is 16.4 Å². The van der Waals surface area contributed by atoms with Gasteiger partial charge in [0.25, 0.3) is 5.91 Å². The Hall–Kier alpha value is -1.71. The van der Waals surface area contributed by atoms with Crippen LogP contribution in [0.4, 0.5) is 0 Å². The maximum Gasteiger partial charge on any atom is 0.252 e. The fourth-order valence-electron chi connectivity index (χ4n) is 2.70. The van der Waals surface area contributed by atoms with Crippen LogP contribution in [0.3, 0.4) is 0 Å². The van der Waals surface area contributed by atoms with E-state index in [4.69, 9.17) is 5.73 Å². The molecule has 1 aliphatic carbocycles. The summed E-state index contributed by atoms with van der Waals surface area (Å²) in [5.74, 6) is -2.03. The molecule has 0 bridgehead atoms. The van der Waals surface area contributed by atoms with Crippen molar-refractivity contribution in [2.75, 3.05) is 6.54 Å². The Balaban J connectivity index is 2.80. The van der Waals surface area contributed by atoms with E-state index >= 15 is 0 Å². The van der Waals surface area contributed by atoms with Crippen molar-refractivity contribution < 1.29 is 29.7 Å². The highest BCUT2D eigenvalue weighted by Gasteiger charge is 2.49. The lowest BCUT2D eigenvalue weighted by Crippen LogP contribution is -2.63. The Morgan fingerprint density at radius 2 is 1.79 bits per heavy atom. The minimum absolute atomic E-state index is 0.179. The van der Waals surface area contributed by atoms with Gasteiger partial charge in [-0.25, -0.2) is 0 Å². The van der Waals surface area contributed by atoms with Crippen molar-refractivity contribution in [1.29, 1.82) is 0 Å². The third-order valence-electron chi connectivity index (χ3n) is 3.79. The minimum atomic E-state index is -2.02. The molecular formula is C15H27N3O6. The fraction of sp³-hybridized carbons (Fsp3) is 0.800. The first kappa shape index (κ1) is 20.3. The van der Waals surface area contributed by atoms with Crippen molar-refractivity contribution >= 4 is 17.7 Å². The molecule has 1 aliphatic rings. The normalized spacial score (nSPS) is 30.5. The van der Waals surface area contributed by atoms with Crippen LogP contribution in [0.2, 0.25) is 0 Å². The highest BCUT2D eigenvalue weighted by molar-refractivity contribution is 5.89. The van der Waals surface area contributed by atoms with Crippen molar-refractivity contribution in [3.8, 4) is 0 Å². The van der Waals surface area contributed by atoms with E-state index in [1.165, 1.54) is 0 Å². The minimum Gasteiger partial charge on any atom is -0.390 e. The summed E-state index contributed by atoms with van der Waals surface area (Å²) in [6, 6.07) is -0.993. The number of rotatable bonds is 5. The zero-order chi connectivity index (χ0) is 18.7. The zero-order valence-electron chi connectivity index (χ0n) is 14.2. The lowest BCUT2D eigenvalue weighted by molar-refractivity contribution is -0.160. The van der Waals surface area contributed by atoms with Crippen molar-refractivity contribution in [2.24, 2.45) is 11.1 Å². The van der Waals surface area contributed by atoms with Gasteiger partial charge in [-0.15, -0.1) is 0 Å². The summed E-state index contributed by atoms with van der Waals surface area (Å²) in [6.07, 6.45) is -3.23. The number of amides is 3. The second-order valence-corrected chi connectivity index (χ2v) is 7.56. The molecule has 1 fully saturated rings. The van der Waals surface area contributed by atoms with Crippen LogP contribution in [0.5, 0.6) is 0 Å². The molecule has 4 atom stereocenters. The van der Waals surface area contributed by atoms with E-state index in [1.807, 2.05) is 20.8 Å². The van der Waals surface area contributed by atoms with Gasteiger partial charge in [0.2, 0.25) is 11.8 Å². The summed E-state index contributed by atoms with van der Waals surface area (Å²) in [7, 11) is 0. The van der Waals surface area contributed by atoms with Gasteiger partial charge in [-0.1, -0.05) is 20.8 Å². The predicted molar refractivity (Wildman–Crippen MR) is 84.4 cm³/mol. The van der Waals surface area contributed by atoms with Gasteiger partial charge >= 0.3 is 0 Å². The number of carbonyl (C=O) groups excluding carboxylic acids is 3. The summed E-state index contributed by atoms with van der Waals surface area (Å²) < 4.78 is 0. The Morgan fingerprint density at radius 1 is 1.21 bits per heavy atom. The van der Waals surface area contributed by atoms with E-state index in [2.05, 4.69) is 10.6 Å². The van der Waals surface area contributed by atoms with Crippen LogP contribution >= 0.6 is 0 Å². The van der Waals surface area contributed by atoms with E-state index in [0.29, 0.717) is 0 Å². The molecule has 0 spiro atoms. The summed E-state index contributed by atoms with van der Waals surface area (Å²) in [4.78, 5) is 34.8. The molecule has 0 aliphatic heterocycles. The molecule has 0 aromatic rings. The second-order valence-electron chi connectivity index (χ2n) is 7.56. The van der Waals surface area contributed by atoms with E-state index in [1.54, 1.807) is 0 Å². The number of hydrogen-bond donors (Lipinski definition) is 6. The maximum atomic E-state index is 12.1. The van der Waals surface area contributed by atoms with Crippen molar-refractivity contribution in [2.45, 2.75) is 63.9 Å². The van der Waals surface area contributed by atoms with Gasteiger partial charge < -0.3 is 31.7 Å². The van der Waals surface area contributed by atoms with Gasteiger partial charge in [0.1, 0.15) is 11.7 Å². The smallest absolute Gasteiger partial charge is 0.252 e. The molecule has 0 unspecified atom stereocenters. The van der Waals surface area contributed by atoms with Gasteiger partial charge in [0, 0.05) is 19.3 Å². The number of nitrogens with two attached hydrogens (primary N) is 1. The van der Waals surface area contributed by atoms with Crippen molar-refractivity contribution in [3.63, 3.8) is 0 Å². The number of nitrogens with one attached hydrogen (secondary N) is 2. The highest BCUT2D eigenvalue weighted by atomic mass is 16.3. The summed E-state index contributed by atoms with van der Waals surface area (Å²) in [6.45, 7) is 5.14. The number of carbonyl (C=O) groups is 3. The number of aliphatic hydroxyl groups excluding tert-OH is 2. The van der Waals surface area contributed by atoms with Gasteiger partial charge in [0.15, 0.2) is 0 Å². The molecule has 138 valence electrons. The van der Waals surface area contributed by atoms with Crippen LogP contribution in [-0.2, 0) is 14.4 Å². The molecule has 0 heterocycles. The van der Waals surface area contributed by atoms with Crippen LogP contribution in [-0.4, -0.2) is 63.4 Å². The molecule has 24 heavy (non-hydrogen) atoms. The van der Waals surface area contributed by atoms with Gasteiger partial charge in [-0.3, -0.25) is 14.4 Å². The molecule has 0 aromatic heterocycles. The molecule has 1 rings (SSSR count). The average molecular weight is 345 g/mol. The first-order chi connectivity index (χ1) is 10.8. The largest absolute Gasteiger partial charge is 0.390 e. The number of aliphatic hydroxyl groups is 3. The molecule has 9 heteroatoms. The molecular weight excluding hydrogens is 318 g/mol. The quantitative estimate of drug-likeness (QED) is 0.330. The third kappa shape index (κ3) is 5.73. The Kier molecular flexibility index (Phi) is 6.32. The standard InChI is InChI=1S/C15H27N3O6/c1-14(2,3)6-11(21)18-8-4-15(24,5-9(19)12(8)22)13(23)17-7-10(16)20/h8-9,12,19,22,24H,4-7H2,1-3H3,(H2,16,20)(H,17,23)(H,18,21)/t8-,9+,12+,15-/m0/s1. The molecule has 0 radical (unpaired) electrons. The molecule has 0 saturated heterocycles. The Labute approximate surface area is 140 Å². The third-order valence-corrected chi connectivity index (χ3v) is 3.79. The SMILES string of the molecule is CC(C)(C)CC(=O)N[C@H]1C[C@@](O)(C(=O)NCC(N)=O)C[C@@H](O)[C@@H]1O. The van der Waals surface area contributed by atoms with Gasteiger partial charge in [0.05, 0.1) is 18.7 Å². The fourth-order valence-corrected chi connectivity index (χ4v) is 2.70. The van der Waals surface area contributed by atoms with E-state index < -0.39 is 48.6 Å². The lowest BCUT2D eigenvalue weighted by Gasteiger charge is -2.41. The summed E-state index contributed by atoms with van der Waals surface area (Å²) >= 11 is 0. The number of hydrogen-bond acceptors (Lipinski definition) is 6. The van der Waals surface area contributed by atoms with Crippen molar-refractivity contribution in [3.05, 3.63) is 0 Å². The van der Waals surface area contributed by atoms with Crippen LogP contribution in [0.25, 0.3) is 0 Å². The van der Waals surface area contributed by atoms with E-state index in [0.717, 1.165) is 0 Å². The topological polar surface area (TPSA) is 162 Å². The van der Waals surface area contributed by atoms with Gasteiger partial charge in [-0.05, 0) is 5.41 Å². The Morgan fingerprint density at radius 3 is 2.29 bits per heavy atom. The molecule has 1 saturated carbocycles. The van der Waals surface area contributed by atoms with Crippen LogP contribution in [0.15, 0.2) is 0 Å². The van der Waals surface area contributed by atoms with E-state index in [-0.39, 0.29) is 24.2 Å². The summed E-state index contributed by atoms with van der Waals surface area (Å²) in [5, 5.41) is 35.1. The molecule has 3 amide bonds. The average Bonchev–Trinajstić information content (AvgIpc) is 2.39. The summed E-state index contributed by atoms with van der Waals surface area (Å²) in [5.41, 5.74) is 2.63. The maximum absolute atomic E-state index is 12.1. The Bertz CT molecular complexity index is 504. The van der Waals surface area contributed by atoms with E-state index in [9.17, 15) is 29.7 Å².